The zero-order valence-corrected chi connectivity index (χ0v) is 21.7. The van der Waals surface area contributed by atoms with E-state index in [0.29, 0.717) is 18.7 Å². The van der Waals surface area contributed by atoms with Crippen LogP contribution in [0.5, 0.6) is 5.75 Å². The Hall–Kier alpha value is -3.30. The Balaban J connectivity index is 1.45. The van der Waals surface area contributed by atoms with Gasteiger partial charge in [0.15, 0.2) is 0 Å². The maximum atomic E-state index is 13.8. The first-order chi connectivity index (χ1) is 18.4. The minimum atomic E-state index is -4.72. The second kappa shape index (κ2) is 11.8. The number of ether oxygens (including phenoxy) is 1. The summed E-state index contributed by atoms with van der Waals surface area (Å²) in [4.78, 5) is 4.50. The number of hydrogen-bond donors (Lipinski definition) is 0. The predicted octanol–water partition coefficient (Wildman–Crippen LogP) is 7.68. The summed E-state index contributed by atoms with van der Waals surface area (Å²) in [6.07, 6.45) is -7.43. The van der Waals surface area contributed by atoms with E-state index in [9.17, 15) is 26.3 Å². The zero-order valence-electron chi connectivity index (χ0n) is 21.7. The first kappa shape index (κ1) is 28.7. The lowest BCUT2D eigenvalue weighted by Gasteiger charge is -2.35. The van der Waals surface area contributed by atoms with Crippen molar-refractivity contribution >= 4 is 5.57 Å². The van der Waals surface area contributed by atoms with Crippen LogP contribution in [0.2, 0.25) is 0 Å². The van der Waals surface area contributed by atoms with E-state index < -0.39 is 18.1 Å². The van der Waals surface area contributed by atoms with Crippen molar-refractivity contribution in [3.05, 3.63) is 106 Å². The monoisotopic (exact) mass is 548 g/mol. The zero-order chi connectivity index (χ0) is 28.2. The van der Waals surface area contributed by atoms with Crippen molar-refractivity contribution in [1.29, 1.82) is 0 Å². The maximum absolute atomic E-state index is 13.8. The standard InChI is InChI=1S/C30H30F6N2O/c1-3-25(26-9-4-5-10-27(26)29(31,32)33)28-21(2)7-6-8-23(28)20-38-17-15-37(16-18-38)19-22-11-13-24(14-12-22)39-30(34,35)36/h3-14H,15-20H2,1-2H3/b25-3-. The number of nitrogens with zero attached hydrogens (tertiary/aromatic N) is 2. The first-order valence-electron chi connectivity index (χ1n) is 12.7. The largest absolute Gasteiger partial charge is 0.573 e. The van der Waals surface area contributed by atoms with E-state index >= 15 is 0 Å². The third-order valence-corrected chi connectivity index (χ3v) is 6.86. The fourth-order valence-electron chi connectivity index (χ4n) is 5.05. The average molecular weight is 549 g/mol. The van der Waals surface area contributed by atoms with Gasteiger partial charge in [-0.2, -0.15) is 13.2 Å². The number of halogens is 6. The molecule has 0 N–H and O–H groups in total. The summed E-state index contributed by atoms with van der Waals surface area (Å²) in [5, 5.41) is 0. The molecule has 3 aromatic rings. The summed E-state index contributed by atoms with van der Waals surface area (Å²) in [5.74, 6) is -0.247. The third-order valence-electron chi connectivity index (χ3n) is 6.86. The van der Waals surface area contributed by atoms with Crippen LogP contribution in [-0.4, -0.2) is 42.3 Å². The van der Waals surface area contributed by atoms with Gasteiger partial charge in [-0.1, -0.05) is 54.6 Å². The van der Waals surface area contributed by atoms with Crippen molar-refractivity contribution in [1.82, 2.24) is 9.80 Å². The van der Waals surface area contributed by atoms with Gasteiger partial charge in [0.25, 0.3) is 0 Å². The van der Waals surface area contributed by atoms with Crippen molar-refractivity contribution < 1.29 is 31.1 Å². The number of rotatable bonds is 7. The molecule has 0 unspecified atom stereocenters. The lowest BCUT2D eigenvalue weighted by atomic mass is 9.87. The van der Waals surface area contributed by atoms with Gasteiger partial charge in [0.2, 0.25) is 0 Å². The lowest BCUT2D eigenvalue weighted by molar-refractivity contribution is -0.274. The third kappa shape index (κ3) is 7.42. The van der Waals surface area contributed by atoms with E-state index in [4.69, 9.17) is 0 Å². The molecule has 1 fully saturated rings. The minimum Gasteiger partial charge on any atom is -0.406 e. The molecule has 1 heterocycles. The Morgan fingerprint density at radius 1 is 0.795 bits per heavy atom. The molecule has 3 aromatic carbocycles. The number of aryl methyl sites for hydroxylation is 1. The Labute approximate surface area is 224 Å². The molecule has 0 amide bonds. The van der Waals surface area contributed by atoms with E-state index in [0.717, 1.165) is 54.5 Å². The van der Waals surface area contributed by atoms with E-state index in [1.807, 2.05) is 25.1 Å². The summed E-state index contributed by atoms with van der Waals surface area (Å²) >= 11 is 0. The number of alkyl halides is 6. The smallest absolute Gasteiger partial charge is 0.406 e. The van der Waals surface area contributed by atoms with Crippen molar-refractivity contribution in [2.75, 3.05) is 26.2 Å². The Bertz CT molecular complexity index is 1290. The number of benzene rings is 3. The van der Waals surface area contributed by atoms with Gasteiger partial charge < -0.3 is 4.74 Å². The van der Waals surface area contributed by atoms with Crippen LogP contribution in [-0.2, 0) is 19.3 Å². The van der Waals surface area contributed by atoms with Crippen molar-refractivity contribution in [3.63, 3.8) is 0 Å². The molecule has 3 nitrogen and oxygen atoms in total. The van der Waals surface area contributed by atoms with E-state index in [1.165, 1.54) is 24.3 Å². The molecular weight excluding hydrogens is 518 g/mol. The normalized spacial score (nSPS) is 15.9. The molecule has 0 bridgehead atoms. The van der Waals surface area contributed by atoms with Crippen LogP contribution in [0, 0.1) is 6.92 Å². The van der Waals surface area contributed by atoms with Gasteiger partial charge in [0.05, 0.1) is 5.56 Å². The molecular formula is C30H30F6N2O. The Morgan fingerprint density at radius 2 is 1.41 bits per heavy atom. The summed E-state index contributed by atoms with van der Waals surface area (Å²) in [6, 6.07) is 17.4. The molecule has 9 heteroatoms. The van der Waals surface area contributed by atoms with Gasteiger partial charge in [-0.25, -0.2) is 0 Å². The molecule has 39 heavy (non-hydrogen) atoms. The summed E-state index contributed by atoms with van der Waals surface area (Å²) in [5.41, 5.74) is 3.66. The van der Waals surface area contributed by atoms with Crippen LogP contribution in [0.1, 0.15) is 40.3 Å². The van der Waals surface area contributed by atoms with Gasteiger partial charge in [-0.05, 0) is 65.4 Å². The van der Waals surface area contributed by atoms with Gasteiger partial charge in [0.1, 0.15) is 5.75 Å². The SMILES string of the molecule is C/C=C(/c1ccccc1C(F)(F)F)c1c(C)cccc1CN1CCN(Cc2ccc(OC(F)(F)F)cc2)CC1. The highest BCUT2D eigenvalue weighted by Crippen LogP contribution is 2.39. The van der Waals surface area contributed by atoms with Crippen LogP contribution in [0.25, 0.3) is 5.57 Å². The highest BCUT2D eigenvalue weighted by molar-refractivity contribution is 5.84. The van der Waals surface area contributed by atoms with Gasteiger partial charge in [0, 0.05) is 39.3 Å². The molecule has 1 aliphatic heterocycles. The summed E-state index contributed by atoms with van der Waals surface area (Å²) in [6.45, 7) is 7.91. The molecule has 0 radical (unpaired) electrons. The second-order valence-electron chi connectivity index (χ2n) is 9.60. The highest BCUT2D eigenvalue weighted by Gasteiger charge is 2.34. The number of piperazine rings is 1. The molecule has 208 valence electrons. The van der Waals surface area contributed by atoms with E-state index in [1.54, 1.807) is 31.2 Å². The molecule has 1 aliphatic rings. The number of hydrogen-bond acceptors (Lipinski definition) is 3. The van der Waals surface area contributed by atoms with Gasteiger partial charge >= 0.3 is 12.5 Å². The quantitative estimate of drug-likeness (QED) is 0.282. The topological polar surface area (TPSA) is 15.7 Å². The maximum Gasteiger partial charge on any atom is 0.573 e. The molecule has 0 aliphatic carbocycles. The van der Waals surface area contributed by atoms with E-state index in [2.05, 4.69) is 14.5 Å². The molecule has 0 aromatic heterocycles. The van der Waals surface area contributed by atoms with Gasteiger partial charge in [-0.15, -0.1) is 13.2 Å². The van der Waals surface area contributed by atoms with Crippen LogP contribution in [0.3, 0.4) is 0 Å². The van der Waals surface area contributed by atoms with Crippen LogP contribution >= 0.6 is 0 Å². The fraction of sp³-hybridized carbons (Fsp3) is 0.333. The first-order valence-corrected chi connectivity index (χ1v) is 12.7. The van der Waals surface area contributed by atoms with E-state index in [-0.39, 0.29) is 11.3 Å². The predicted molar refractivity (Wildman–Crippen MR) is 139 cm³/mol. The molecule has 0 atom stereocenters. The van der Waals surface area contributed by atoms with Gasteiger partial charge in [-0.3, -0.25) is 9.80 Å². The molecule has 4 rings (SSSR count). The van der Waals surface area contributed by atoms with Crippen molar-refractivity contribution in [2.45, 2.75) is 39.5 Å². The van der Waals surface area contributed by atoms with Crippen LogP contribution in [0.4, 0.5) is 26.3 Å². The Kier molecular flexibility index (Phi) is 8.71. The molecule has 0 spiro atoms. The average Bonchev–Trinajstić information content (AvgIpc) is 2.87. The van der Waals surface area contributed by atoms with Crippen LogP contribution < -0.4 is 4.74 Å². The molecule has 0 saturated carbocycles. The number of allylic oxidation sites excluding steroid dienone is 1. The van der Waals surface area contributed by atoms with Crippen molar-refractivity contribution in [2.24, 2.45) is 0 Å². The Morgan fingerprint density at radius 3 is 2.00 bits per heavy atom. The lowest BCUT2D eigenvalue weighted by Crippen LogP contribution is -2.45. The summed E-state index contributed by atoms with van der Waals surface area (Å²) < 4.78 is 82.6. The summed E-state index contributed by atoms with van der Waals surface area (Å²) in [7, 11) is 0. The highest BCUT2D eigenvalue weighted by atomic mass is 19.4. The van der Waals surface area contributed by atoms with Crippen LogP contribution in [0.15, 0.2) is 72.8 Å². The van der Waals surface area contributed by atoms with Crippen molar-refractivity contribution in [3.8, 4) is 5.75 Å². The fourth-order valence-corrected chi connectivity index (χ4v) is 5.05. The minimum absolute atomic E-state index is 0.166. The second-order valence-corrected chi connectivity index (χ2v) is 9.60. The molecule has 1 saturated heterocycles.